The number of piperidine rings is 2. The number of ether oxygens (including phenoxy) is 1. The first kappa shape index (κ1) is 21.5. The summed E-state index contributed by atoms with van der Waals surface area (Å²) in [5.74, 6) is 1.74. The number of aromatic nitrogens is 1. The number of hydrogen-bond acceptors (Lipinski definition) is 3. The second-order valence-electron chi connectivity index (χ2n) is 10.9. The fourth-order valence-electron chi connectivity index (χ4n) is 6.63. The molecule has 178 valence electrons. The van der Waals surface area contributed by atoms with Crippen LogP contribution in [0.1, 0.15) is 76.7 Å². The topological polar surface area (TPSA) is 37.7 Å². The maximum absolute atomic E-state index is 12.8. The number of amides is 1. The van der Waals surface area contributed by atoms with Gasteiger partial charge in [-0.05, 0) is 75.6 Å². The molecule has 2 aliphatic heterocycles. The van der Waals surface area contributed by atoms with Crippen LogP contribution in [0.2, 0.25) is 0 Å². The molecule has 4 aliphatic rings. The Bertz CT molecular complexity index is 959. The van der Waals surface area contributed by atoms with Crippen molar-refractivity contribution in [2.75, 3.05) is 26.2 Å². The lowest BCUT2D eigenvalue weighted by atomic mass is 9.90. The second-order valence-corrected chi connectivity index (χ2v) is 10.9. The van der Waals surface area contributed by atoms with Gasteiger partial charge < -0.3 is 19.1 Å². The number of benzene rings is 1. The maximum atomic E-state index is 12.8. The van der Waals surface area contributed by atoms with Gasteiger partial charge in [-0.25, -0.2) is 0 Å². The largest absolute Gasteiger partial charge is 0.490 e. The Hall–Kier alpha value is -2.01. The predicted octanol–water partition coefficient (Wildman–Crippen LogP) is 5.39. The average molecular weight is 450 g/mol. The Morgan fingerprint density at radius 2 is 1.55 bits per heavy atom. The van der Waals surface area contributed by atoms with Gasteiger partial charge >= 0.3 is 0 Å². The minimum atomic E-state index is 0.304. The molecule has 0 spiro atoms. The minimum absolute atomic E-state index is 0.304. The quantitative estimate of drug-likeness (QED) is 0.614. The van der Waals surface area contributed by atoms with Gasteiger partial charge in [-0.2, -0.15) is 0 Å². The molecule has 2 aromatic rings. The zero-order valence-electron chi connectivity index (χ0n) is 20.0. The van der Waals surface area contributed by atoms with Crippen molar-refractivity contribution >= 4 is 16.8 Å². The monoisotopic (exact) mass is 449 g/mol. The Balaban J connectivity index is 1.05. The Kier molecular flexibility index (Phi) is 6.08. The summed E-state index contributed by atoms with van der Waals surface area (Å²) in [4.78, 5) is 17.6. The highest BCUT2D eigenvalue weighted by molar-refractivity contribution is 5.82. The van der Waals surface area contributed by atoms with Gasteiger partial charge in [-0.15, -0.1) is 0 Å². The van der Waals surface area contributed by atoms with Crippen LogP contribution in [-0.4, -0.2) is 58.6 Å². The molecule has 5 nitrogen and oxygen atoms in total. The molecular formula is C28H39N3O2. The highest BCUT2D eigenvalue weighted by Crippen LogP contribution is 2.33. The summed E-state index contributed by atoms with van der Waals surface area (Å²) in [5, 5.41) is 1.27. The second kappa shape index (κ2) is 9.32. The first-order valence-corrected chi connectivity index (χ1v) is 13.5. The Morgan fingerprint density at radius 1 is 0.788 bits per heavy atom. The lowest BCUT2D eigenvalue weighted by Crippen LogP contribution is -2.46. The Morgan fingerprint density at radius 3 is 2.24 bits per heavy atom. The summed E-state index contributed by atoms with van der Waals surface area (Å²) in [6.45, 7) is 4.19. The van der Waals surface area contributed by atoms with Gasteiger partial charge in [0.1, 0.15) is 11.9 Å². The van der Waals surface area contributed by atoms with E-state index in [1.807, 2.05) is 0 Å². The molecule has 5 heteroatoms. The number of hydrogen-bond donors (Lipinski definition) is 0. The van der Waals surface area contributed by atoms with E-state index in [0.717, 1.165) is 63.4 Å². The molecule has 1 aromatic carbocycles. The molecule has 1 amide bonds. The zero-order chi connectivity index (χ0) is 22.2. The summed E-state index contributed by atoms with van der Waals surface area (Å²) < 4.78 is 8.85. The molecule has 3 heterocycles. The van der Waals surface area contributed by atoms with E-state index in [2.05, 4.69) is 44.8 Å². The van der Waals surface area contributed by atoms with Gasteiger partial charge in [0.05, 0.1) is 0 Å². The molecule has 2 saturated heterocycles. The van der Waals surface area contributed by atoms with Crippen LogP contribution in [0.15, 0.2) is 30.5 Å². The molecule has 2 saturated carbocycles. The van der Waals surface area contributed by atoms with Crippen LogP contribution in [-0.2, 0) is 4.79 Å². The van der Waals surface area contributed by atoms with Crippen molar-refractivity contribution in [2.24, 2.45) is 5.92 Å². The summed E-state index contributed by atoms with van der Waals surface area (Å²) in [5.41, 5.74) is 1.29. The molecule has 4 fully saturated rings. The van der Waals surface area contributed by atoms with Crippen molar-refractivity contribution in [3.05, 3.63) is 30.5 Å². The molecule has 0 unspecified atom stereocenters. The number of nitrogens with zero attached hydrogens (tertiary/aromatic N) is 3. The van der Waals surface area contributed by atoms with Crippen LogP contribution in [0.25, 0.3) is 10.9 Å². The van der Waals surface area contributed by atoms with Gasteiger partial charge in [0, 0.05) is 61.3 Å². The minimum Gasteiger partial charge on any atom is -0.490 e. The third-order valence-corrected chi connectivity index (χ3v) is 8.94. The summed E-state index contributed by atoms with van der Waals surface area (Å²) in [6, 6.07) is 10.2. The molecule has 0 radical (unpaired) electrons. The van der Waals surface area contributed by atoms with E-state index in [4.69, 9.17) is 4.74 Å². The lowest BCUT2D eigenvalue weighted by molar-refractivity contribution is -0.136. The first-order valence-electron chi connectivity index (χ1n) is 13.5. The third-order valence-electron chi connectivity index (χ3n) is 8.94. The van der Waals surface area contributed by atoms with Crippen molar-refractivity contribution in [3.63, 3.8) is 0 Å². The molecule has 33 heavy (non-hydrogen) atoms. The van der Waals surface area contributed by atoms with Crippen LogP contribution >= 0.6 is 0 Å². The highest BCUT2D eigenvalue weighted by atomic mass is 16.5. The zero-order valence-corrected chi connectivity index (χ0v) is 20.0. The fraction of sp³-hybridized carbons (Fsp3) is 0.679. The molecular weight excluding hydrogens is 410 g/mol. The van der Waals surface area contributed by atoms with Gasteiger partial charge in [0.25, 0.3) is 0 Å². The summed E-state index contributed by atoms with van der Waals surface area (Å²) in [6.07, 6.45) is 15.9. The van der Waals surface area contributed by atoms with E-state index < -0.39 is 0 Å². The smallest absolute Gasteiger partial charge is 0.225 e. The molecule has 6 rings (SSSR count). The number of likely N-dealkylation sites (tertiary alicyclic amines) is 2. The molecule has 1 aromatic heterocycles. The predicted molar refractivity (Wildman–Crippen MR) is 132 cm³/mol. The van der Waals surface area contributed by atoms with Crippen LogP contribution < -0.4 is 4.74 Å². The number of fused-ring (bicyclic) bond motifs is 1. The Labute approximate surface area is 198 Å². The standard InChI is InChI=1S/C28H39N3O2/c32-28(21-4-1-2-5-21)30-15-11-24(12-16-30)31-19-10-22-20-26(8-9-27(22)31)33-25-13-17-29(18-14-25)23-6-3-7-23/h8-10,19-21,23-25H,1-7,11-18H2. The SMILES string of the molecule is O=C(C1CCCC1)N1CCC(n2ccc3cc(OC4CCN(C5CCC5)CC4)ccc32)CC1. The van der Waals surface area contributed by atoms with Gasteiger partial charge in [-0.1, -0.05) is 19.3 Å². The first-order chi connectivity index (χ1) is 16.2. The lowest BCUT2D eigenvalue weighted by Gasteiger charge is -2.41. The van der Waals surface area contributed by atoms with E-state index in [1.54, 1.807) is 0 Å². The molecule has 2 aliphatic carbocycles. The summed E-state index contributed by atoms with van der Waals surface area (Å²) >= 11 is 0. The van der Waals surface area contributed by atoms with Crippen LogP contribution in [0.4, 0.5) is 0 Å². The third kappa shape index (κ3) is 4.41. The van der Waals surface area contributed by atoms with E-state index in [1.165, 1.54) is 56.1 Å². The van der Waals surface area contributed by atoms with Crippen LogP contribution in [0.3, 0.4) is 0 Å². The summed E-state index contributed by atoms with van der Waals surface area (Å²) in [7, 11) is 0. The van der Waals surface area contributed by atoms with Crippen molar-refractivity contribution in [3.8, 4) is 5.75 Å². The van der Waals surface area contributed by atoms with Crippen molar-refractivity contribution < 1.29 is 9.53 Å². The normalized spacial score (nSPS) is 24.4. The van der Waals surface area contributed by atoms with Crippen LogP contribution in [0, 0.1) is 5.92 Å². The van der Waals surface area contributed by atoms with Gasteiger partial charge in [0.15, 0.2) is 0 Å². The van der Waals surface area contributed by atoms with E-state index in [0.29, 0.717) is 24.0 Å². The van der Waals surface area contributed by atoms with E-state index in [-0.39, 0.29) is 0 Å². The van der Waals surface area contributed by atoms with Gasteiger partial charge in [0.2, 0.25) is 5.91 Å². The van der Waals surface area contributed by atoms with Gasteiger partial charge in [-0.3, -0.25) is 4.79 Å². The van der Waals surface area contributed by atoms with Crippen molar-refractivity contribution in [2.45, 2.75) is 88.8 Å². The molecule has 0 bridgehead atoms. The molecule has 0 atom stereocenters. The number of carbonyl (C=O) groups excluding carboxylic acids is 1. The fourth-order valence-corrected chi connectivity index (χ4v) is 6.63. The van der Waals surface area contributed by atoms with E-state index in [9.17, 15) is 4.79 Å². The van der Waals surface area contributed by atoms with E-state index >= 15 is 0 Å². The molecule has 0 N–H and O–H groups in total. The number of carbonyl (C=O) groups is 1. The van der Waals surface area contributed by atoms with Crippen molar-refractivity contribution in [1.29, 1.82) is 0 Å². The van der Waals surface area contributed by atoms with Crippen molar-refractivity contribution in [1.82, 2.24) is 14.4 Å². The number of rotatable bonds is 5. The maximum Gasteiger partial charge on any atom is 0.225 e. The van der Waals surface area contributed by atoms with Crippen LogP contribution in [0.5, 0.6) is 5.75 Å². The average Bonchev–Trinajstić information content (AvgIpc) is 3.49. The highest BCUT2D eigenvalue weighted by Gasteiger charge is 2.31.